The van der Waals surface area contributed by atoms with Crippen LogP contribution in [0.15, 0.2) is 24.3 Å². The molecule has 0 spiro atoms. The van der Waals surface area contributed by atoms with Gasteiger partial charge < -0.3 is 15.0 Å². The Bertz CT molecular complexity index is 827. The van der Waals surface area contributed by atoms with Crippen molar-refractivity contribution >= 4 is 33.8 Å². The predicted octanol–water partition coefficient (Wildman–Crippen LogP) is 2.29. The van der Waals surface area contributed by atoms with Crippen molar-refractivity contribution in [2.75, 3.05) is 32.1 Å². The molecule has 1 aromatic heterocycles. The fourth-order valence-electron chi connectivity index (χ4n) is 3.02. The Labute approximate surface area is 162 Å². The molecule has 3 rings (SSSR count). The largest absolute Gasteiger partial charge is 0.488 e. The number of amides is 1. The summed E-state index contributed by atoms with van der Waals surface area (Å²) >= 11 is 7.39. The van der Waals surface area contributed by atoms with Crippen LogP contribution >= 0.6 is 22.9 Å². The lowest BCUT2D eigenvalue weighted by molar-refractivity contribution is -0.871. The second kappa shape index (κ2) is 8.54. The van der Waals surface area contributed by atoms with Crippen molar-refractivity contribution in [3.8, 4) is 11.8 Å². The number of fused-ring (bicyclic) bond motifs is 1. The second-order valence-electron chi connectivity index (χ2n) is 6.41. The Balaban J connectivity index is 1.46. The van der Waals surface area contributed by atoms with Gasteiger partial charge >= 0.3 is 0 Å². The molecule has 0 fully saturated rings. The first-order valence-corrected chi connectivity index (χ1v) is 9.80. The average molecular weight is 391 g/mol. The van der Waals surface area contributed by atoms with Crippen LogP contribution < -0.4 is 15.0 Å². The third kappa shape index (κ3) is 4.55. The van der Waals surface area contributed by atoms with Gasteiger partial charge in [-0.3, -0.25) is 4.79 Å². The number of carbonyl (C=O) groups is 1. The van der Waals surface area contributed by atoms with E-state index in [1.54, 1.807) is 23.5 Å². The summed E-state index contributed by atoms with van der Waals surface area (Å²) in [5.41, 5.74) is 1.78. The zero-order valence-corrected chi connectivity index (χ0v) is 16.2. The van der Waals surface area contributed by atoms with E-state index in [0.717, 1.165) is 35.5 Å². The molecular weight excluding hydrogens is 370 g/mol. The van der Waals surface area contributed by atoms with E-state index in [9.17, 15) is 10.1 Å². The van der Waals surface area contributed by atoms with Crippen molar-refractivity contribution < 1.29 is 14.4 Å². The van der Waals surface area contributed by atoms with Crippen molar-refractivity contribution in [3.63, 3.8) is 0 Å². The van der Waals surface area contributed by atoms with E-state index < -0.39 is 0 Å². The lowest BCUT2D eigenvalue weighted by atomic mass is 10.1. The van der Waals surface area contributed by atoms with Gasteiger partial charge in [0.1, 0.15) is 30.0 Å². The Hall–Kier alpha value is -2.07. The number of halogens is 1. The monoisotopic (exact) mass is 390 g/mol. The number of thiophene rings is 1. The number of hydrogen-bond donors (Lipinski definition) is 2. The minimum atomic E-state index is -0.0783. The summed E-state index contributed by atoms with van der Waals surface area (Å²) in [4.78, 5) is 14.6. The predicted molar refractivity (Wildman–Crippen MR) is 103 cm³/mol. The van der Waals surface area contributed by atoms with E-state index in [2.05, 4.69) is 11.4 Å². The van der Waals surface area contributed by atoms with Crippen LogP contribution in [0.3, 0.4) is 0 Å². The van der Waals surface area contributed by atoms with Gasteiger partial charge in [0.15, 0.2) is 6.54 Å². The summed E-state index contributed by atoms with van der Waals surface area (Å²) < 4.78 is 5.66. The highest BCUT2D eigenvalue weighted by Crippen LogP contribution is 2.38. The highest BCUT2D eigenvalue weighted by molar-refractivity contribution is 7.16. The van der Waals surface area contributed by atoms with Crippen molar-refractivity contribution in [3.05, 3.63) is 45.3 Å². The van der Waals surface area contributed by atoms with Crippen molar-refractivity contribution in [2.24, 2.45) is 0 Å². The van der Waals surface area contributed by atoms with Gasteiger partial charge in [-0.2, -0.15) is 5.26 Å². The second-order valence-corrected chi connectivity index (χ2v) is 7.95. The molecule has 0 aliphatic heterocycles. The molecular formula is C19H21ClN3O2S+. The van der Waals surface area contributed by atoms with E-state index in [4.69, 9.17) is 16.3 Å². The number of rotatable bonds is 7. The highest BCUT2D eigenvalue weighted by atomic mass is 35.5. The highest BCUT2D eigenvalue weighted by Gasteiger charge is 2.23. The zero-order chi connectivity index (χ0) is 18.5. The molecule has 1 aliphatic rings. The molecule has 136 valence electrons. The maximum atomic E-state index is 12.3. The van der Waals surface area contributed by atoms with E-state index in [0.29, 0.717) is 35.3 Å². The number of nitrogens with zero attached hydrogens (tertiary/aromatic N) is 1. The van der Waals surface area contributed by atoms with Crippen LogP contribution in [0, 0.1) is 11.3 Å². The number of quaternary nitrogens is 1. The smallest absolute Gasteiger partial charge is 0.280 e. The van der Waals surface area contributed by atoms with Crippen LogP contribution in [0.2, 0.25) is 5.02 Å². The van der Waals surface area contributed by atoms with Crippen LogP contribution in [0.4, 0.5) is 5.00 Å². The number of carbonyl (C=O) groups excluding carboxylic acids is 1. The molecule has 1 amide bonds. The summed E-state index contributed by atoms with van der Waals surface area (Å²) in [5, 5.41) is 13.7. The summed E-state index contributed by atoms with van der Waals surface area (Å²) in [5.74, 6) is 0.684. The first-order valence-electron chi connectivity index (χ1n) is 8.61. The minimum Gasteiger partial charge on any atom is -0.488 e. The molecule has 1 atom stereocenters. The molecule has 5 nitrogen and oxygen atoms in total. The molecule has 0 saturated carbocycles. The standard InChI is InChI=1S/C19H20ClN3O2S/c1-23(9-10-25-14-7-5-13(20)6-8-14)12-18(24)22-19-16(11-21)15-3-2-4-17(15)26-19/h5-8H,2-4,9-10,12H2,1H3,(H,22,24)/p+1. The number of nitrogens with one attached hydrogen (secondary N) is 2. The molecule has 26 heavy (non-hydrogen) atoms. The van der Waals surface area contributed by atoms with Gasteiger partial charge in [-0.1, -0.05) is 11.6 Å². The normalized spacial score (nSPS) is 13.7. The Kier molecular flexibility index (Phi) is 6.15. The Morgan fingerprint density at radius 2 is 2.15 bits per heavy atom. The van der Waals surface area contributed by atoms with Gasteiger partial charge in [-0.25, -0.2) is 0 Å². The van der Waals surface area contributed by atoms with E-state index >= 15 is 0 Å². The van der Waals surface area contributed by atoms with Crippen LogP contribution in [-0.2, 0) is 17.6 Å². The summed E-state index contributed by atoms with van der Waals surface area (Å²) in [6, 6.07) is 9.46. The van der Waals surface area contributed by atoms with Gasteiger partial charge in [0.2, 0.25) is 0 Å². The summed E-state index contributed by atoms with van der Waals surface area (Å²) in [6.45, 7) is 1.54. The molecule has 1 heterocycles. The Morgan fingerprint density at radius 1 is 1.38 bits per heavy atom. The lowest BCUT2D eigenvalue weighted by Gasteiger charge is -2.14. The summed E-state index contributed by atoms with van der Waals surface area (Å²) in [6.07, 6.45) is 3.06. The van der Waals surface area contributed by atoms with Gasteiger partial charge in [0, 0.05) is 9.90 Å². The van der Waals surface area contributed by atoms with Crippen LogP contribution in [0.25, 0.3) is 0 Å². The first kappa shape index (κ1) is 18.7. The van der Waals surface area contributed by atoms with Gasteiger partial charge in [-0.15, -0.1) is 11.3 Å². The maximum Gasteiger partial charge on any atom is 0.280 e. The molecule has 1 aliphatic carbocycles. The number of anilines is 1. The summed E-state index contributed by atoms with van der Waals surface area (Å²) in [7, 11) is 1.95. The number of ether oxygens (including phenoxy) is 1. The Morgan fingerprint density at radius 3 is 2.88 bits per heavy atom. The molecule has 2 N–H and O–H groups in total. The molecule has 0 radical (unpaired) electrons. The fraction of sp³-hybridized carbons (Fsp3) is 0.368. The fourth-order valence-corrected chi connectivity index (χ4v) is 4.40. The van der Waals surface area contributed by atoms with Gasteiger partial charge in [0.05, 0.1) is 12.6 Å². The number of nitriles is 1. The molecule has 7 heteroatoms. The average Bonchev–Trinajstić information content (AvgIpc) is 3.17. The third-order valence-electron chi connectivity index (χ3n) is 4.36. The SMILES string of the molecule is C[NH+](CCOc1ccc(Cl)cc1)CC(=O)Nc1sc2c(c1C#N)CCC2. The van der Waals surface area contributed by atoms with Crippen molar-refractivity contribution in [2.45, 2.75) is 19.3 Å². The third-order valence-corrected chi connectivity index (χ3v) is 5.82. The molecule has 2 aromatic rings. The van der Waals surface area contributed by atoms with Crippen molar-refractivity contribution in [1.29, 1.82) is 5.26 Å². The number of aryl methyl sites for hydroxylation is 1. The van der Waals surface area contributed by atoms with Crippen LogP contribution in [0.5, 0.6) is 5.75 Å². The first-order chi connectivity index (χ1) is 12.6. The lowest BCUT2D eigenvalue weighted by Crippen LogP contribution is -3.10. The maximum absolute atomic E-state index is 12.3. The van der Waals surface area contributed by atoms with Gasteiger partial charge in [0.25, 0.3) is 5.91 Å². The van der Waals surface area contributed by atoms with E-state index in [1.807, 2.05) is 19.2 Å². The van der Waals surface area contributed by atoms with Crippen LogP contribution in [0.1, 0.15) is 22.4 Å². The number of likely N-dealkylation sites (N-methyl/N-ethyl adjacent to an activating group) is 1. The minimum absolute atomic E-state index is 0.0783. The quantitative estimate of drug-likeness (QED) is 0.762. The topological polar surface area (TPSA) is 66.6 Å². The van der Waals surface area contributed by atoms with Gasteiger partial charge in [-0.05, 0) is 49.1 Å². The van der Waals surface area contributed by atoms with Crippen LogP contribution in [-0.4, -0.2) is 32.7 Å². The number of benzene rings is 1. The van der Waals surface area contributed by atoms with Crippen molar-refractivity contribution in [1.82, 2.24) is 0 Å². The number of hydrogen-bond acceptors (Lipinski definition) is 4. The molecule has 1 aromatic carbocycles. The molecule has 0 saturated heterocycles. The van der Waals surface area contributed by atoms with E-state index in [-0.39, 0.29) is 5.91 Å². The zero-order valence-electron chi connectivity index (χ0n) is 14.6. The molecule has 1 unspecified atom stereocenters. The molecule has 0 bridgehead atoms. The van der Waals surface area contributed by atoms with E-state index in [1.165, 1.54) is 4.88 Å².